The Balaban J connectivity index is 2.15. The zero-order valence-corrected chi connectivity index (χ0v) is 21.9. The summed E-state index contributed by atoms with van der Waals surface area (Å²) in [6.07, 6.45) is 2.19. The Hall–Kier alpha value is -4.07. The van der Waals surface area contributed by atoms with Gasteiger partial charge >= 0.3 is 0 Å². The average molecular weight is 509 g/mol. The predicted octanol–water partition coefficient (Wildman–Crippen LogP) is 5.96. The van der Waals surface area contributed by atoms with Crippen LogP contribution in [0.2, 0.25) is 0 Å². The lowest BCUT2D eigenvalue weighted by atomic mass is 9.95. The van der Waals surface area contributed by atoms with Crippen LogP contribution in [0.3, 0.4) is 0 Å². The second-order valence-electron chi connectivity index (χ2n) is 8.54. The van der Waals surface area contributed by atoms with Gasteiger partial charge in [0.05, 0.1) is 25.3 Å². The third-order valence-corrected chi connectivity index (χ3v) is 6.22. The van der Waals surface area contributed by atoms with Crippen LogP contribution in [-0.4, -0.2) is 37.3 Å². The molecular formula is C29H33FN2O5. The molecule has 1 aromatic heterocycles. The largest absolute Gasteiger partial charge is 0.506 e. The first-order chi connectivity index (χ1) is 17.8. The molecule has 0 aliphatic carbocycles. The Kier molecular flexibility index (Phi) is 9.11. The fourth-order valence-corrected chi connectivity index (χ4v) is 4.10. The number of aromatic nitrogens is 1. The molecule has 1 atom stereocenters. The number of ether oxygens (including phenoxy) is 3. The van der Waals surface area contributed by atoms with Gasteiger partial charge in [0.1, 0.15) is 34.4 Å². The highest BCUT2D eigenvalue weighted by molar-refractivity contribution is 6.00. The van der Waals surface area contributed by atoms with Gasteiger partial charge in [0.15, 0.2) is 0 Å². The van der Waals surface area contributed by atoms with Crippen LogP contribution in [0.4, 0.5) is 4.39 Å². The molecule has 0 radical (unpaired) electrons. The molecule has 8 heteroatoms. The molecule has 0 saturated carbocycles. The predicted molar refractivity (Wildman–Crippen MR) is 143 cm³/mol. The van der Waals surface area contributed by atoms with Crippen molar-refractivity contribution in [2.24, 2.45) is 4.99 Å². The van der Waals surface area contributed by atoms with Gasteiger partial charge in [-0.2, -0.15) is 0 Å². The topological polar surface area (TPSA) is 93.1 Å². The van der Waals surface area contributed by atoms with E-state index in [1.165, 1.54) is 33.4 Å². The Morgan fingerprint density at radius 3 is 2.27 bits per heavy atom. The van der Waals surface area contributed by atoms with E-state index in [2.05, 4.69) is 16.6 Å². The number of unbranched alkanes of at least 4 members (excludes halogenated alkanes) is 1. The normalized spacial score (nSPS) is 12.2. The molecule has 3 aromatic rings. The number of pyridine rings is 1. The second-order valence-corrected chi connectivity index (χ2v) is 8.54. The number of aryl methyl sites for hydroxylation is 1. The van der Waals surface area contributed by atoms with Crippen molar-refractivity contribution in [1.82, 2.24) is 4.98 Å². The van der Waals surface area contributed by atoms with Crippen molar-refractivity contribution in [2.45, 2.75) is 39.0 Å². The van der Waals surface area contributed by atoms with Gasteiger partial charge in [-0.3, -0.25) is 9.79 Å². The lowest BCUT2D eigenvalue weighted by Gasteiger charge is -2.21. The standard InChI is InChI=1S/C29H33FN2O5/c1-7-8-10-21-24(25-22(35-5)11-9-12-23(25)36-6)27(33)26(28(34)32-21)29(31-4)37-18(3)17(2)19-13-15-20(30)16-14-19/h9,11-17H,3,7-8,10H2,1-2,4-6H3,(H2,32,33,34). The van der Waals surface area contributed by atoms with Gasteiger partial charge in [-0.15, -0.1) is 0 Å². The van der Waals surface area contributed by atoms with Crippen LogP contribution < -0.4 is 15.0 Å². The summed E-state index contributed by atoms with van der Waals surface area (Å²) < 4.78 is 30.5. The van der Waals surface area contributed by atoms with Gasteiger partial charge in [-0.1, -0.05) is 45.0 Å². The number of nitrogens with zero attached hydrogens (tertiary/aromatic N) is 1. The van der Waals surface area contributed by atoms with E-state index in [1.54, 1.807) is 30.3 Å². The molecule has 196 valence electrons. The Bertz CT molecular complexity index is 1320. The van der Waals surface area contributed by atoms with Crippen LogP contribution in [0, 0.1) is 5.82 Å². The van der Waals surface area contributed by atoms with Gasteiger partial charge in [0, 0.05) is 18.7 Å². The molecule has 0 bridgehead atoms. The van der Waals surface area contributed by atoms with E-state index < -0.39 is 5.56 Å². The summed E-state index contributed by atoms with van der Waals surface area (Å²) >= 11 is 0. The second kappa shape index (κ2) is 12.3. The van der Waals surface area contributed by atoms with Crippen molar-refractivity contribution < 1.29 is 23.7 Å². The molecule has 0 spiro atoms. The number of nitrogens with one attached hydrogen (secondary N) is 1. The van der Waals surface area contributed by atoms with Crippen LogP contribution in [0.5, 0.6) is 17.2 Å². The summed E-state index contributed by atoms with van der Waals surface area (Å²) in [5.74, 6) is 0.118. The molecule has 1 heterocycles. The molecule has 0 saturated heterocycles. The third kappa shape index (κ3) is 5.85. The minimum atomic E-state index is -0.552. The average Bonchev–Trinajstić information content (AvgIpc) is 2.90. The first kappa shape index (κ1) is 27.5. The Morgan fingerprint density at radius 2 is 1.73 bits per heavy atom. The zero-order valence-electron chi connectivity index (χ0n) is 21.9. The smallest absolute Gasteiger partial charge is 0.264 e. The van der Waals surface area contributed by atoms with Gasteiger partial charge in [0.2, 0.25) is 5.90 Å². The zero-order chi connectivity index (χ0) is 27.1. The highest BCUT2D eigenvalue weighted by Crippen LogP contribution is 2.45. The number of benzene rings is 2. The van der Waals surface area contributed by atoms with Crippen molar-refractivity contribution >= 4 is 5.90 Å². The molecule has 3 rings (SSSR count). The van der Waals surface area contributed by atoms with Crippen molar-refractivity contribution in [1.29, 1.82) is 0 Å². The van der Waals surface area contributed by atoms with E-state index >= 15 is 0 Å². The van der Waals surface area contributed by atoms with Gasteiger partial charge in [-0.25, -0.2) is 4.39 Å². The molecule has 0 aliphatic heterocycles. The number of aromatic hydroxyl groups is 1. The maximum Gasteiger partial charge on any atom is 0.264 e. The highest BCUT2D eigenvalue weighted by Gasteiger charge is 2.28. The Morgan fingerprint density at radius 1 is 1.11 bits per heavy atom. The third-order valence-electron chi connectivity index (χ3n) is 6.22. The molecule has 0 aliphatic rings. The van der Waals surface area contributed by atoms with E-state index in [0.29, 0.717) is 34.7 Å². The van der Waals surface area contributed by atoms with Crippen LogP contribution >= 0.6 is 0 Å². The monoisotopic (exact) mass is 508 g/mol. The number of H-pyrrole nitrogens is 1. The first-order valence-electron chi connectivity index (χ1n) is 12.1. The van der Waals surface area contributed by atoms with Crippen LogP contribution in [0.1, 0.15) is 49.4 Å². The molecule has 0 amide bonds. The number of hydrogen-bond donors (Lipinski definition) is 2. The maximum absolute atomic E-state index is 13.4. The highest BCUT2D eigenvalue weighted by atomic mass is 19.1. The van der Waals surface area contributed by atoms with E-state index in [4.69, 9.17) is 14.2 Å². The number of halogens is 1. The summed E-state index contributed by atoms with van der Waals surface area (Å²) in [4.78, 5) is 20.3. The molecule has 7 nitrogen and oxygen atoms in total. The molecule has 1 unspecified atom stereocenters. The number of allylic oxidation sites excluding steroid dienone is 1. The lowest BCUT2D eigenvalue weighted by molar-refractivity contribution is 0.379. The fourth-order valence-electron chi connectivity index (χ4n) is 4.10. The van der Waals surface area contributed by atoms with Crippen LogP contribution in [-0.2, 0) is 11.2 Å². The molecule has 2 N–H and O–H groups in total. The summed E-state index contributed by atoms with van der Waals surface area (Å²) in [6.45, 7) is 7.87. The molecule has 2 aromatic carbocycles. The molecule has 37 heavy (non-hydrogen) atoms. The fraction of sp³-hybridized carbons (Fsp3) is 0.310. The van der Waals surface area contributed by atoms with Gasteiger partial charge in [-0.05, 0) is 42.7 Å². The molecule has 0 fully saturated rings. The van der Waals surface area contributed by atoms with Crippen LogP contribution in [0.25, 0.3) is 11.1 Å². The molecular weight excluding hydrogens is 475 g/mol. The van der Waals surface area contributed by atoms with Crippen LogP contribution in [0.15, 0.2) is 64.6 Å². The number of hydrogen-bond acceptors (Lipinski definition) is 6. The van der Waals surface area contributed by atoms with E-state index in [1.807, 2.05) is 13.8 Å². The lowest BCUT2D eigenvalue weighted by Crippen LogP contribution is -2.23. The SMILES string of the molecule is C=C(OC(=NC)c1c(O)c(-c2c(OC)cccc2OC)c(CCCC)[nH]c1=O)C(C)c1ccc(F)cc1. The van der Waals surface area contributed by atoms with Crippen molar-refractivity contribution in [3.63, 3.8) is 0 Å². The summed E-state index contributed by atoms with van der Waals surface area (Å²) in [7, 11) is 4.51. The quantitative estimate of drug-likeness (QED) is 0.200. The summed E-state index contributed by atoms with van der Waals surface area (Å²) in [6, 6.07) is 11.3. The number of aromatic amines is 1. The summed E-state index contributed by atoms with van der Waals surface area (Å²) in [5, 5.41) is 11.6. The number of aliphatic imine (C=N–C) groups is 1. The van der Waals surface area contributed by atoms with E-state index in [9.17, 15) is 14.3 Å². The van der Waals surface area contributed by atoms with Gasteiger partial charge < -0.3 is 24.3 Å². The number of methoxy groups -OCH3 is 2. The van der Waals surface area contributed by atoms with Crippen molar-refractivity contribution in [2.75, 3.05) is 21.3 Å². The summed E-state index contributed by atoms with van der Waals surface area (Å²) in [5.41, 5.74) is 1.50. The Labute approximate surface area is 216 Å². The van der Waals surface area contributed by atoms with Crippen molar-refractivity contribution in [3.8, 4) is 28.4 Å². The van der Waals surface area contributed by atoms with Gasteiger partial charge in [0.25, 0.3) is 5.56 Å². The minimum absolute atomic E-state index is 0.102. The number of rotatable bonds is 10. The van der Waals surface area contributed by atoms with E-state index in [0.717, 1.165) is 18.4 Å². The van der Waals surface area contributed by atoms with E-state index in [-0.39, 0.29) is 34.7 Å². The first-order valence-corrected chi connectivity index (χ1v) is 12.1. The minimum Gasteiger partial charge on any atom is -0.506 e. The van der Waals surface area contributed by atoms with Crippen molar-refractivity contribution in [3.05, 3.63) is 87.8 Å². The maximum atomic E-state index is 13.4.